The lowest BCUT2D eigenvalue weighted by Crippen LogP contribution is -2.47. The number of para-hydroxylation sites is 2. The highest BCUT2D eigenvalue weighted by atomic mass is 32.2. The van der Waals surface area contributed by atoms with Crippen molar-refractivity contribution in [3.63, 3.8) is 0 Å². The quantitative estimate of drug-likeness (QED) is 0.365. The van der Waals surface area contributed by atoms with Crippen molar-refractivity contribution < 1.29 is 22.0 Å². The maximum Gasteiger partial charge on any atom is 0.320 e. The van der Waals surface area contributed by atoms with Crippen LogP contribution in [0, 0.1) is 0 Å². The Labute approximate surface area is 201 Å². The molecule has 6 nitrogen and oxygen atoms in total. The molecular weight excluding hydrogens is 472 g/mol. The smallest absolute Gasteiger partial charge is 0.320 e. The van der Waals surface area contributed by atoms with Crippen molar-refractivity contribution in [2.75, 3.05) is 5.32 Å². The molecule has 4 aromatic rings. The van der Waals surface area contributed by atoms with Gasteiger partial charge in [-0.1, -0.05) is 43.2 Å². The standard InChI is InChI=1S/C26H23F2N3O3S/c27-25(28)31-22-11-5-4-10-21(22)30-23(31)18-12-14-19(15-13-18)29-24(32)26(16-6-7-17-26)35(33,34)20-8-2-1-3-9-20/h1-5,8-15,25H,6-7,16-17H2,(H,29,32). The van der Waals surface area contributed by atoms with Crippen LogP contribution in [0.4, 0.5) is 14.5 Å². The molecule has 1 aliphatic carbocycles. The van der Waals surface area contributed by atoms with Gasteiger partial charge in [0.2, 0.25) is 5.91 Å². The normalized spacial score (nSPS) is 15.5. The zero-order valence-corrected chi connectivity index (χ0v) is 19.5. The number of amides is 1. The van der Waals surface area contributed by atoms with Gasteiger partial charge in [-0.05, 0) is 61.4 Å². The number of rotatable bonds is 6. The lowest BCUT2D eigenvalue weighted by molar-refractivity contribution is -0.118. The number of carbonyl (C=O) groups excluding carboxylic acids is 1. The Morgan fingerprint density at radius 3 is 2.20 bits per heavy atom. The Hall–Kier alpha value is -3.59. The number of nitrogens with zero attached hydrogens (tertiary/aromatic N) is 2. The molecule has 3 aromatic carbocycles. The number of nitrogens with one attached hydrogen (secondary N) is 1. The van der Waals surface area contributed by atoms with Crippen LogP contribution in [0.25, 0.3) is 22.4 Å². The van der Waals surface area contributed by atoms with Gasteiger partial charge in [0.15, 0.2) is 14.6 Å². The van der Waals surface area contributed by atoms with Crippen molar-refractivity contribution in [2.45, 2.75) is 41.9 Å². The van der Waals surface area contributed by atoms with Gasteiger partial charge in [0.25, 0.3) is 0 Å². The summed E-state index contributed by atoms with van der Waals surface area (Å²) >= 11 is 0. The summed E-state index contributed by atoms with van der Waals surface area (Å²) in [6.45, 7) is -2.78. The minimum atomic E-state index is -3.91. The molecule has 9 heteroatoms. The summed E-state index contributed by atoms with van der Waals surface area (Å²) in [4.78, 5) is 17.8. The van der Waals surface area contributed by atoms with Crippen LogP contribution in [0.5, 0.6) is 0 Å². The van der Waals surface area contributed by atoms with E-state index >= 15 is 0 Å². The number of benzene rings is 3. The second-order valence-electron chi connectivity index (χ2n) is 8.62. The first kappa shape index (κ1) is 23.2. The molecule has 1 saturated carbocycles. The van der Waals surface area contributed by atoms with Crippen LogP contribution in [0.15, 0.2) is 83.8 Å². The summed E-state index contributed by atoms with van der Waals surface area (Å²) < 4.78 is 53.9. The van der Waals surface area contributed by atoms with Crippen LogP contribution in [0.1, 0.15) is 32.2 Å². The number of imidazole rings is 1. The van der Waals surface area contributed by atoms with Gasteiger partial charge in [0.05, 0.1) is 15.9 Å². The Bertz CT molecular complexity index is 1480. The van der Waals surface area contributed by atoms with Crippen molar-refractivity contribution in [1.29, 1.82) is 0 Å². The second kappa shape index (κ2) is 8.88. The molecule has 1 aliphatic rings. The van der Waals surface area contributed by atoms with Crippen molar-refractivity contribution in [1.82, 2.24) is 9.55 Å². The predicted octanol–water partition coefficient (Wildman–Crippen LogP) is 5.82. The summed E-state index contributed by atoms with van der Waals surface area (Å²) in [7, 11) is -3.91. The monoisotopic (exact) mass is 495 g/mol. The first-order chi connectivity index (χ1) is 16.8. The van der Waals surface area contributed by atoms with Crippen LogP contribution in [-0.4, -0.2) is 28.6 Å². The fraction of sp³-hybridized carbons (Fsp3) is 0.231. The fourth-order valence-corrected chi connectivity index (χ4v) is 6.87. The Morgan fingerprint density at radius 2 is 1.54 bits per heavy atom. The number of anilines is 1. The first-order valence-corrected chi connectivity index (χ1v) is 12.8. The molecule has 1 fully saturated rings. The minimum Gasteiger partial charge on any atom is -0.325 e. The van der Waals surface area contributed by atoms with E-state index in [0.717, 1.165) is 4.57 Å². The first-order valence-electron chi connectivity index (χ1n) is 11.3. The summed E-state index contributed by atoms with van der Waals surface area (Å²) in [5, 5.41) is 2.75. The lowest BCUT2D eigenvalue weighted by atomic mass is 10.1. The molecule has 5 rings (SSSR count). The van der Waals surface area contributed by atoms with Gasteiger partial charge in [-0.15, -0.1) is 0 Å². The van der Waals surface area contributed by atoms with Crippen LogP contribution in [0.3, 0.4) is 0 Å². The second-order valence-corrected chi connectivity index (χ2v) is 10.9. The number of sulfone groups is 1. The van der Waals surface area contributed by atoms with Gasteiger partial charge >= 0.3 is 6.55 Å². The molecule has 1 aromatic heterocycles. The largest absolute Gasteiger partial charge is 0.325 e. The summed E-state index contributed by atoms with van der Waals surface area (Å²) in [6.07, 6.45) is 1.77. The Morgan fingerprint density at radius 1 is 0.914 bits per heavy atom. The zero-order chi connectivity index (χ0) is 24.6. The lowest BCUT2D eigenvalue weighted by Gasteiger charge is -2.27. The number of carbonyl (C=O) groups is 1. The van der Waals surface area contributed by atoms with Gasteiger partial charge in [-0.25, -0.2) is 13.4 Å². The van der Waals surface area contributed by atoms with Crippen LogP contribution in [0.2, 0.25) is 0 Å². The molecule has 0 aliphatic heterocycles. The Kier molecular flexibility index (Phi) is 5.88. The van der Waals surface area contributed by atoms with E-state index in [9.17, 15) is 22.0 Å². The van der Waals surface area contributed by atoms with Crippen molar-refractivity contribution in [3.8, 4) is 11.4 Å². The van der Waals surface area contributed by atoms with Crippen LogP contribution in [-0.2, 0) is 14.6 Å². The fourth-order valence-electron chi connectivity index (χ4n) is 4.78. The van der Waals surface area contributed by atoms with Crippen molar-refractivity contribution >= 4 is 32.5 Å². The summed E-state index contributed by atoms with van der Waals surface area (Å²) in [5.41, 5.74) is 1.61. The number of halogens is 2. The third-order valence-electron chi connectivity index (χ3n) is 6.58. The highest BCUT2D eigenvalue weighted by Crippen LogP contribution is 2.41. The minimum absolute atomic E-state index is 0.109. The van der Waals surface area contributed by atoms with Gasteiger partial charge in [0.1, 0.15) is 5.82 Å². The van der Waals surface area contributed by atoms with Gasteiger partial charge < -0.3 is 5.32 Å². The number of alkyl halides is 2. The van der Waals surface area contributed by atoms with E-state index in [1.165, 1.54) is 12.1 Å². The molecule has 1 heterocycles. The Balaban J connectivity index is 1.44. The molecule has 0 saturated heterocycles. The maximum absolute atomic E-state index is 13.8. The molecular formula is C26H23F2N3O3S. The highest BCUT2D eigenvalue weighted by Gasteiger charge is 2.52. The molecule has 1 N–H and O–H groups in total. The molecule has 0 radical (unpaired) electrons. The third kappa shape index (κ3) is 3.89. The van der Waals surface area contributed by atoms with Crippen LogP contribution < -0.4 is 5.32 Å². The number of hydrogen-bond acceptors (Lipinski definition) is 4. The molecule has 0 spiro atoms. The van der Waals surface area contributed by atoms with Crippen LogP contribution >= 0.6 is 0 Å². The molecule has 0 unspecified atom stereocenters. The van der Waals surface area contributed by atoms with E-state index in [-0.39, 0.29) is 23.6 Å². The molecule has 180 valence electrons. The van der Waals surface area contributed by atoms with Gasteiger partial charge in [0, 0.05) is 11.3 Å². The number of hydrogen-bond donors (Lipinski definition) is 1. The van der Waals surface area contributed by atoms with E-state index in [1.54, 1.807) is 66.7 Å². The molecule has 0 atom stereocenters. The average Bonchev–Trinajstić information content (AvgIpc) is 3.52. The third-order valence-corrected chi connectivity index (χ3v) is 9.10. The molecule has 1 amide bonds. The molecule has 35 heavy (non-hydrogen) atoms. The number of fused-ring (bicyclic) bond motifs is 1. The highest BCUT2D eigenvalue weighted by molar-refractivity contribution is 7.93. The maximum atomic E-state index is 13.8. The summed E-state index contributed by atoms with van der Waals surface area (Å²) in [5.74, 6) is -0.468. The average molecular weight is 496 g/mol. The zero-order valence-electron chi connectivity index (χ0n) is 18.7. The van der Waals surface area contributed by atoms with Gasteiger partial charge in [-0.2, -0.15) is 8.78 Å². The van der Waals surface area contributed by atoms with E-state index in [0.29, 0.717) is 35.1 Å². The van der Waals surface area contributed by atoms with E-state index in [4.69, 9.17) is 0 Å². The van der Waals surface area contributed by atoms with Crippen molar-refractivity contribution in [2.24, 2.45) is 0 Å². The van der Waals surface area contributed by atoms with E-state index in [2.05, 4.69) is 10.3 Å². The van der Waals surface area contributed by atoms with E-state index in [1.807, 2.05) is 0 Å². The SMILES string of the molecule is O=C(Nc1ccc(-c2nc3ccccc3n2C(F)F)cc1)C1(S(=O)(=O)c2ccccc2)CCCC1. The molecule has 0 bridgehead atoms. The number of aromatic nitrogens is 2. The topological polar surface area (TPSA) is 81.1 Å². The van der Waals surface area contributed by atoms with E-state index < -0.39 is 27.0 Å². The van der Waals surface area contributed by atoms with Crippen molar-refractivity contribution in [3.05, 3.63) is 78.9 Å². The van der Waals surface area contributed by atoms with Gasteiger partial charge in [-0.3, -0.25) is 9.36 Å². The summed E-state index contributed by atoms with van der Waals surface area (Å²) in [6, 6.07) is 21.0. The predicted molar refractivity (Wildman–Crippen MR) is 130 cm³/mol.